The molecule has 1 atom stereocenters. The topological polar surface area (TPSA) is 52.1 Å². The van der Waals surface area contributed by atoms with Crippen molar-refractivity contribution in [1.29, 1.82) is 0 Å². The Hall–Kier alpha value is -1.45. The molecule has 0 aliphatic rings. The molecule has 4 heteroatoms. The quantitative estimate of drug-likeness (QED) is 0.682. The maximum absolute atomic E-state index is 11.5. The first-order valence-corrected chi connectivity index (χ1v) is 4.51. The van der Waals surface area contributed by atoms with Crippen molar-refractivity contribution in [3.63, 3.8) is 0 Å². The molecule has 1 rings (SSSR count). The van der Waals surface area contributed by atoms with Crippen LogP contribution in [-0.2, 0) is 9.53 Å². The number of hydrogen-bond donors (Lipinski definition) is 0. The van der Waals surface area contributed by atoms with Crippen molar-refractivity contribution in [2.24, 2.45) is 5.92 Å². The molecule has 0 spiro atoms. The molecule has 0 radical (unpaired) electrons. The maximum Gasteiger partial charge on any atom is 0.316 e. The Morgan fingerprint density at radius 2 is 1.93 bits per heavy atom. The molecule has 1 aromatic rings. The molecule has 0 aliphatic heterocycles. The number of carbonyl (C=O) groups is 1. The first-order valence-electron chi connectivity index (χ1n) is 4.51. The molecule has 1 aromatic heterocycles. The Morgan fingerprint density at radius 1 is 1.36 bits per heavy atom. The molecule has 0 saturated carbocycles. The number of rotatable bonds is 3. The fraction of sp³-hybridized carbons (Fsp3) is 0.500. The summed E-state index contributed by atoms with van der Waals surface area (Å²) in [6.07, 6.45) is 3.25. The zero-order valence-electron chi connectivity index (χ0n) is 8.60. The van der Waals surface area contributed by atoms with Crippen LogP contribution in [0.5, 0.6) is 0 Å². The van der Waals surface area contributed by atoms with Crippen LogP contribution in [0.2, 0.25) is 0 Å². The summed E-state index contributed by atoms with van der Waals surface area (Å²) in [6, 6.07) is 1.72. The molecule has 0 aliphatic carbocycles. The predicted octanol–water partition coefficient (Wildman–Crippen LogP) is 1.39. The van der Waals surface area contributed by atoms with Gasteiger partial charge in [-0.15, -0.1) is 0 Å². The Kier molecular flexibility index (Phi) is 3.56. The summed E-state index contributed by atoms with van der Waals surface area (Å²) in [4.78, 5) is 19.6. The molecule has 0 N–H and O–H groups in total. The lowest BCUT2D eigenvalue weighted by Gasteiger charge is -2.16. The normalized spacial score (nSPS) is 12.6. The van der Waals surface area contributed by atoms with Gasteiger partial charge in [0.1, 0.15) is 11.7 Å². The van der Waals surface area contributed by atoms with Crippen molar-refractivity contribution in [3.05, 3.63) is 24.3 Å². The standard InChI is InChI=1S/C10H14N2O2/c1-7(2)8(10(13)14-3)9-11-5-4-6-12-9/h4-8H,1-3H3. The number of methoxy groups -OCH3 is 1. The second-order valence-corrected chi connectivity index (χ2v) is 3.35. The molecule has 1 unspecified atom stereocenters. The molecule has 4 nitrogen and oxygen atoms in total. The lowest BCUT2D eigenvalue weighted by Crippen LogP contribution is -2.21. The van der Waals surface area contributed by atoms with Crippen LogP contribution in [0.25, 0.3) is 0 Å². The van der Waals surface area contributed by atoms with E-state index < -0.39 is 0 Å². The second-order valence-electron chi connectivity index (χ2n) is 3.35. The number of hydrogen-bond acceptors (Lipinski definition) is 4. The Bertz CT molecular complexity index is 298. The third-order valence-electron chi connectivity index (χ3n) is 1.99. The lowest BCUT2D eigenvalue weighted by atomic mass is 9.95. The highest BCUT2D eigenvalue weighted by molar-refractivity contribution is 5.77. The molecule has 1 heterocycles. The van der Waals surface area contributed by atoms with Gasteiger partial charge in [0.25, 0.3) is 0 Å². The predicted molar refractivity (Wildman–Crippen MR) is 51.6 cm³/mol. The van der Waals surface area contributed by atoms with E-state index in [1.165, 1.54) is 7.11 Å². The van der Waals surface area contributed by atoms with Gasteiger partial charge in [0.05, 0.1) is 7.11 Å². The van der Waals surface area contributed by atoms with E-state index in [0.717, 1.165) is 0 Å². The van der Waals surface area contributed by atoms with E-state index in [1.54, 1.807) is 18.5 Å². The zero-order valence-corrected chi connectivity index (χ0v) is 8.60. The molecular weight excluding hydrogens is 180 g/mol. The van der Waals surface area contributed by atoms with E-state index in [1.807, 2.05) is 13.8 Å². The highest BCUT2D eigenvalue weighted by atomic mass is 16.5. The minimum Gasteiger partial charge on any atom is -0.468 e. The summed E-state index contributed by atoms with van der Waals surface area (Å²) < 4.78 is 4.71. The third kappa shape index (κ3) is 2.28. The van der Waals surface area contributed by atoms with Crippen molar-refractivity contribution in [2.75, 3.05) is 7.11 Å². The Morgan fingerprint density at radius 3 is 2.36 bits per heavy atom. The van der Waals surface area contributed by atoms with Crippen LogP contribution in [0.1, 0.15) is 25.6 Å². The van der Waals surface area contributed by atoms with Crippen LogP contribution in [-0.4, -0.2) is 23.0 Å². The zero-order chi connectivity index (χ0) is 10.6. The molecule has 0 bridgehead atoms. The number of carbonyl (C=O) groups excluding carboxylic acids is 1. The van der Waals surface area contributed by atoms with Gasteiger partial charge in [0.2, 0.25) is 0 Å². The SMILES string of the molecule is COC(=O)C(c1ncccn1)C(C)C. The van der Waals surface area contributed by atoms with Crippen LogP contribution in [0.3, 0.4) is 0 Å². The minimum atomic E-state index is -0.374. The fourth-order valence-electron chi connectivity index (χ4n) is 1.27. The van der Waals surface area contributed by atoms with Crippen molar-refractivity contribution in [3.8, 4) is 0 Å². The van der Waals surface area contributed by atoms with E-state index in [-0.39, 0.29) is 17.8 Å². The summed E-state index contributed by atoms with van der Waals surface area (Å²) in [5.74, 6) is -0.00778. The van der Waals surface area contributed by atoms with Crippen LogP contribution in [0.15, 0.2) is 18.5 Å². The first kappa shape index (κ1) is 10.6. The monoisotopic (exact) mass is 194 g/mol. The molecule has 76 valence electrons. The van der Waals surface area contributed by atoms with E-state index in [2.05, 4.69) is 9.97 Å². The van der Waals surface area contributed by atoms with E-state index in [4.69, 9.17) is 4.74 Å². The van der Waals surface area contributed by atoms with Gasteiger partial charge in [-0.3, -0.25) is 4.79 Å². The van der Waals surface area contributed by atoms with Gasteiger partial charge < -0.3 is 4.74 Å². The van der Waals surface area contributed by atoms with Crippen molar-refractivity contribution in [2.45, 2.75) is 19.8 Å². The third-order valence-corrected chi connectivity index (χ3v) is 1.99. The van der Waals surface area contributed by atoms with E-state index >= 15 is 0 Å². The maximum atomic E-state index is 11.5. The van der Waals surface area contributed by atoms with E-state index in [9.17, 15) is 4.79 Å². The second kappa shape index (κ2) is 4.69. The van der Waals surface area contributed by atoms with Gasteiger partial charge >= 0.3 is 5.97 Å². The first-order chi connectivity index (χ1) is 6.66. The molecule has 0 fully saturated rings. The Balaban J connectivity index is 2.95. The minimum absolute atomic E-state index is 0.129. The summed E-state index contributed by atoms with van der Waals surface area (Å²) in [6.45, 7) is 3.88. The van der Waals surface area contributed by atoms with Crippen LogP contribution < -0.4 is 0 Å². The highest BCUT2D eigenvalue weighted by Crippen LogP contribution is 2.21. The van der Waals surface area contributed by atoms with Gasteiger partial charge in [-0.2, -0.15) is 0 Å². The number of ether oxygens (including phenoxy) is 1. The number of aromatic nitrogens is 2. The average molecular weight is 194 g/mol. The molecule has 0 amide bonds. The largest absolute Gasteiger partial charge is 0.468 e. The van der Waals surface area contributed by atoms with Crippen molar-refractivity contribution in [1.82, 2.24) is 9.97 Å². The fourth-order valence-corrected chi connectivity index (χ4v) is 1.27. The van der Waals surface area contributed by atoms with Crippen LogP contribution in [0.4, 0.5) is 0 Å². The van der Waals surface area contributed by atoms with Gasteiger partial charge in [-0.1, -0.05) is 13.8 Å². The summed E-state index contributed by atoms with van der Waals surface area (Å²) in [5, 5.41) is 0. The van der Waals surface area contributed by atoms with Gasteiger partial charge in [-0.25, -0.2) is 9.97 Å². The number of nitrogens with zero attached hydrogens (tertiary/aromatic N) is 2. The molecular formula is C10H14N2O2. The number of esters is 1. The van der Waals surface area contributed by atoms with Gasteiger partial charge in [0, 0.05) is 12.4 Å². The lowest BCUT2D eigenvalue weighted by molar-refractivity contribution is -0.143. The summed E-state index contributed by atoms with van der Waals surface area (Å²) in [7, 11) is 1.38. The molecule has 0 aromatic carbocycles. The average Bonchev–Trinajstić information content (AvgIpc) is 2.19. The molecule has 14 heavy (non-hydrogen) atoms. The van der Waals surface area contributed by atoms with Crippen molar-refractivity contribution < 1.29 is 9.53 Å². The van der Waals surface area contributed by atoms with E-state index in [0.29, 0.717) is 5.82 Å². The van der Waals surface area contributed by atoms with Gasteiger partial charge in [0.15, 0.2) is 0 Å². The van der Waals surface area contributed by atoms with Gasteiger partial charge in [-0.05, 0) is 12.0 Å². The van der Waals surface area contributed by atoms with Crippen molar-refractivity contribution >= 4 is 5.97 Å². The summed E-state index contributed by atoms with van der Waals surface area (Å²) in [5.41, 5.74) is 0. The van der Waals surface area contributed by atoms with Crippen LogP contribution >= 0.6 is 0 Å². The summed E-state index contributed by atoms with van der Waals surface area (Å²) >= 11 is 0. The van der Waals surface area contributed by atoms with Crippen LogP contribution in [0, 0.1) is 5.92 Å². The molecule has 0 saturated heterocycles. The smallest absolute Gasteiger partial charge is 0.316 e. The highest BCUT2D eigenvalue weighted by Gasteiger charge is 2.27. The Labute approximate surface area is 83.3 Å².